The quantitative estimate of drug-likeness (QED) is 0.644. The highest BCUT2D eigenvalue weighted by Gasteiger charge is 2.38. The lowest BCUT2D eigenvalue weighted by Crippen LogP contribution is -2.19. The highest BCUT2D eigenvalue weighted by molar-refractivity contribution is 5.82. The average Bonchev–Trinajstić information content (AvgIpc) is 3.45. The zero-order valence-electron chi connectivity index (χ0n) is 16.0. The molecule has 31 heavy (non-hydrogen) atoms. The van der Waals surface area contributed by atoms with E-state index in [2.05, 4.69) is 39.8 Å². The normalized spacial score (nSPS) is 14.0. The van der Waals surface area contributed by atoms with Crippen LogP contribution in [-0.4, -0.2) is 44.3 Å². The van der Waals surface area contributed by atoms with E-state index in [0.717, 1.165) is 44.1 Å². The Balaban J connectivity index is 1.29. The number of carbonyl (C=O) groups is 1. The van der Waals surface area contributed by atoms with Gasteiger partial charge in [0, 0.05) is 37.2 Å². The van der Waals surface area contributed by atoms with Crippen LogP contribution < -0.4 is 10.2 Å². The maximum absolute atomic E-state index is 12.5. The van der Waals surface area contributed by atoms with Crippen molar-refractivity contribution in [2.75, 3.05) is 23.3 Å². The minimum absolute atomic E-state index is 0.000273. The number of hydrogen-bond donors (Lipinski definition) is 1. The van der Waals surface area contributed by atoms with Crippen LogP contribution in [0.1, 0.15) is 24.3 Å². The van der Waals surface area contributed by atoms with Crippen LogP contribution >= 0.6 is 0 Å². The monoisotopic (exact) mass is 435 g/mol. The molecule has 0 saturated carbocycles. The third-order valence-corrected chi connectivity index (χ3v) is 4.40. The SMILES string of the molecule is O=C(Nc1ncc(-c2noc(C(F)(F)F)n2)cn1)OCc1ccc(N2CCCC2)nc1. The first kappa shape index (κ1) is 20.5. The number of alkyl halides is 3. The van der Waals surface area contributed by atoms with Gasteiger partial charge in [-0.1, -0.05) is 11.2 Å². The van der Waals surface area contributed by atoms with Crippen molar-refractivity contribution >= 4 is 17.9 Å². The fourth-order valence-electron chi connectivity index (χ4n) is 2.88. The lowest BCUT2D eigenvalue weighted by Gasteiger charge is -2.16. The zero-order chi connectivity index (χ0) is 21.8. The summed E-state index contributed by atoms with van der Waals surface area (Å²) in [5.41, 5.74) is 0.800. The van der Waals surface area contributed by atoms with Crippen molar-refractivity contribution in [3.8, 4) is 11.4 Å². The van der Waals surface area contributed by atoms with E-state index < -0.39 is 18.2 Å². The van der Waals surface area contributed by atoms with E-state index in [1.54, 1.807) is 6.20 Å². The highest BCUT2D eigenvalue weighted by atomic mass is 19.4. The Morgan fingerprint density at radius 2 is 1.87 bits per heavy atom. The first-order valence-electron chi connectivity index (χ1n) is 9.25. The van der Waals surface area contributed by atoms with E-state index >= 15 is 0 Å². The molecule has 1 aliphatic rings. The second-order valence-electron chi connectivity index (χ2n) is 6.64. The van der Waals surface area contributed by atoms with Gasteiger partial charge >= 0.3 is 18.2 Å². The number of hydrogen-bond acceptors (Lipinski definition) is 9. The third kappa shape index (κ3) is 5.05. The van der Waals surface area contributed by atoms with Gasteiger partial charge in [0.25, 0.3) is 0 Å². The topological polar surface area (TPSA) is 119 Å². The summed E-state index contributed by atoms with van der Waals surface area (Å²) in [6.07, 6.45) is 0.700. The Bertz CT molecular complexity index is 1030. The first-order valence-corrected chi connectivity index (χ1v) is 9.25. The van der Waals surface area contributed by atoms with Crippen LogP contribution in [0, 0.1) is 0 Å². The summed E-state index contributed by atoms with van der Waals surface area (Å²) in [7, 11) is 0. The smallest absolute Gasteiger partial charge is 0.444 e. The number of aromatic nitrogens is 5. The summed E-state index contributed by atoms with van der Waals surface area (Å²) in [5.74, 6) is -1.01. The van der Waals surface area contributed by atoms with Crippen LogP contribution in [0.3, 0.4) is 0 Å². The molecule has 0 aromatic carbocycles. The van der Waals surface area contributed by atoms with Gasteiger partial charge in [-0.2, -0.15) is 18.2 Å². The molecule has 0 bridgehead atoms. The summed E-state index contributed by atoms with van der Waals surface area (Å²) >= 11 is 0. The lowest BCUT2D eigenvalue weighted by atomic mass is 10.3. The minimum atomic E-state index is -4.75. The number of anilines is 2. The standard InChI is InChI=1S/C18H16F3N7O3/c19-18(20,21)15-25-14(27-31-15)12-8-23-16(24-9-12)26-17(29)30-10-11-3-4-13(22-7-11)28-5-1-2-6-28/h3-4,7-9H,1-2,5-6,10H2,(H,23,24,26,29). The van der Waals surface area contributed by atoms with Gasteiger partial charge in [-0.3, -0.25) is 5.32 Å². The molecule has 0 spiro atoms. The number of halogens is 3. The summed E-state index contributed by atoms with van der Waals surface area (Å²) in [5, 5.41) is 5.55. The molecule has 1 aliphatic heterocycles. The minimum Gasteiger partial charge on any atom is -0.444 e. The number of ether oxygens (including phenoxy) is 1. The Hall–Kier alpha value is -3.77. The van der Waals surface area contributed by atoms with E-state index in [-0.39, 0.29) is 23.9 Å². The summed E-state index contributed by atoms with van der Waals surface area (Å²) in [4.78, 5) is 29.4. The average molecular weight is 435 g/mol. The molecule has 1 fully saturated rings. The molecule has 4 heterocycles. The van der Waals surface area contributed by atoms with Gasteiger partial charge in [0.1, 0.15) is 12.4 Å². The van der Waals surface area contributed by atoms with Crippen LogP contribution in [0.5, 0.6) is 0 Å². The first-order chi connectivity index (χ1) is 14.9. The Morgan fingerprint density at radius 1 is 1.13 bits per heavy atom. The van der Waals surface area contributed by atoms with E-state index in [9.17, 15) is 18.0 Å². The van der Waals surface area contributed by atoms with Gasteiger partial charge in [-0.05, 0) is 18.9 Å². The second kappa shape index (κ2) is 8.53. The molecule has 3 aromatic heterocycles. The molecule has 4 rings (SSSR count). The summed E-state index contributed by atoms with van der Waals surface area (Å²) < 4.78 is 46.8. The number of nitrogens with one attached hydrogen (secondary N) is 1. The molecule has 3 aromatic rings. The molecule has 1 saturated heterocycles. The van der Waals surface area contributed by atoms with Crippen LogP contribution in [0.25, 0.3) is 11.4 Å². The fraction of sp³-hybridized carbons (Fsp3) is 0.333. The highest BCUT2D eigenvalue weighted by Crippen LogP contribution is 2.29. The van der Waals surface area contributed by atoms with Gasteiger partial charge in [-0.15, -0.1) is 0 Å². The molecule has 1 N–H and O–H groups in total. The fourth-order valence-corrected chi connectivity index (χ4v) is 2.88. The van der Waals surface area contributed by atoms with Crippen molar-refractivity contribution in [1.82, 2.24) is 25.1 Å². The van der Waals surface area contributed by atoms with E-state index in [0.29, 0.717) is 5.56 Å². The van der Waals surface area contributed by atoms with Crippen molar-refractivity contribution in [2.24, 2.45) is 0 Å². The van der Waals surface area contributed by atoms with E-state index in [1.807, 2.05) is 12.1 Å². The predicted octanol–water partition coefficient (Wildman–Crippen LogP) is 3.29. The third-order valence-electron chi connectivity index (χ3n) is 4.40. The van der Waals surface area contributed by atoms with Crippen LogP contribution in [0.15, 0.2) is 35.2 Å². The zero-order valence-corrected chi connectivity index (χ0v) is 16.0. The maximum Gasteiger partial charge on any atom is 0.471 e. The van der Waals surface area contributed by atoms with Crippen LogP contribution in [-0.2, 0) is 17.5 Å². The summed E-state index contributed by atoms with van der Waals surface area (Å²) in [6.45, 7) is 1.97. The molecule has 13 heteroatoms. The Kier molecular flexibility index (Phi) is 5.64. The van der Waals surface area contributed by atoms with Crippen molar-refractivity contribution in [3.05, 3.63) is 42.2 Å². The molecule has 1 amide bonds. The number of amides is 1. The van der Waals surface area contributed by atoms with Crippen molar-refractivity contribution < 1.29 is 27.2 Å². The molecule has 0 radical (unpaired) electrons. The van der Waals surface area contributed by atoms with Crippen molar-refractivity contribution in [3.63, 3.8) is 0 Å². The maximum atomic E-state index is 12.5. The second-order valence-corrected chi connectivity index (χ2v) is 6.64. The van der Waals surface area contributed by atoms with E-state index in [1.165, 1.54) is 0 Å². The number of nitrogens with zero attached hydrogens (tertiary/aromatic N) is 6. The van der Waals surface area contributed by atoms with Gasteiger partial charge in [0.2, 0.25) is 11.8 Å². The van der Waals surface area contributed by atoms with Gasteiger partial charge in [-0.25, -0.2) is 19.7 Å². The molecule has 10 nitrogen and oxygen atoms in total. The Morgan fingerprint density at radius 3 is 2.48 bits per heavy atom. The van der Waals surface area contributed by atoms with Crippen LogP contribution in [0.2, 0.25) is 0 Å². The van der Waals surface area contributed by atoms with E-state index in [4.69, 9.17) is 4.74 Å². The van der Waals surface area contributed by atoms with Gasteiger partial charge < -0.3 is 14.2 Å². The molecule has 0 unspecified atom stereocenters. The molecule has 0 aliphatic carbocycles. The largest absolute Gasteiger partial charge is 0.471 e. The number of pyridine rings is 1. The van der Waals surface area contributed by atoms with Crippen LogP contribution in [0.4, 0.5) is 29.7 Å². The Labute approximate surface area is 173 Å². The number of rotatable bonds is 5. The predicted molar refractivity (Wildman–Crippen MR) is 99.8 cm³/mol. The van der Waals surface area contributed by atoms with Gasteiger partial charge in [0.05, 0.1) is 5.56 Å². The molecule has 0 atom stereocenters. The lowest BCUT2D eigenvalue weighted by molar-refractivity contribution is -0.159. The number of carbonyl (C=O) groups excluding carboxylic acids is 1. The van der Waals surface area contributed by atoms with Gasteiger partial charge in [0.15, 0.2) is 0 Å². The molecule has 162 valence electrons. The van der Waals surface area contributed by atoms with Crippen molar-refractivity contribution in [1.29, 1.82) is 0 Å². The van der Waals surface area contributed by atoms with Crippen molar-refractivity contribution in [2.45, 2.75) is 25.6 Å². The molecular formula is C18H16F3N7O3. The summed E-state index contributed by atoms with van der Waals surface area (Å²) in [6, 6.07) is 3.71. The molecular weight excluding hydrogens is 419 g/mol.